The van der Waals surface area contributed by atoms with Gasteiger partial charge in [-0.2, -0.15) is 0 Å². The third-order valence-electron chi connectivity index (χ3n) is 3.13. The van der Waals surface area contributed by atoms with Crippen molar-refractivity contribution in [3.8, 4) is 5.75 Å². The molecule has 0 heterocycles. The van der Waals surface area contributed by atoms with Crippen molar-refractivity contribution in [3.63, 3.8) is 0 Å². The molecule has 0 spiro atoms. The van der Waals surface area contributed by atoms with E-state index >= 15 is 0 Å². The summed E-state index contributed by atoms with van der Waals surface area (Å²) in [6.07, 6.45) is 0.653. The third kappa shape index (κ3) is 10.3. The van der Waals surface area contributed by atoms with Gasteiger partial charge in [-0.1, -0.05) is 13.8 Å². The predicted octanol–water partition coefficient (Wildman–Crippen LogP) is 1.97. The minimum atomic E-state index is -0.538. The van der Waals surface area contributed by atoms with Crippen molar-refractivity contribution in [2.75, 3.05) is 13.7 Å². The molecule has 0 radical (unpaired) electrons. The molecule has 0 saturated heterocycles. The summed E-state index contributed by atoms with van der Waals surface area (Å²) in [4.78, 5) is 31.9. The highest BCUT2D eigenvalue weighted by atomic mass is 16.6. The van der Waals surface area contributed by atoms with Crippen LogP contribution in [0.5, 0.6) is 5.75 Å². The fraction of sp³-hybridized carbons (Fsp3) is 0.500. The van der Waals surface area contributed by atoms with Crippen molar-refractivity contribution < 1.29 is 28.6 Å². The van der Waals surface area contributed by atoms with E-state index in [0.29, 0.717) is 11.3 Å². The molecular weight excluding hydrogens is 326 g/mol. The molecule has 0 amide bonds. The Morgan fingerprint density at radius 2 is 1.72 bits per heavy atom. The van der Waals surface area contributed by atoms with E-state index < -0.39 is 6.04 Å². The van der Waals surface area contributed by atoms with Crippen molar-refractivity contribution in [2.24, 2.45) is 11.7 Å². The zero-order valence-corrected chi connectivity index (χ0v) is 15.4. The first-order valence-corrected chi connectivity index (χ1v) is 7.89. The smallest absolute Gasteiger partial charge is 0.323 e. The van der Waals surface area contributed by atoms with Crippen LogP contribution in [-0.4, -0.2) is 44.1 Å². The Morgan fingerprint density at radius 1 is 1.16 bits per heavy atom. The summed E-state index contributed by atoms with van der Waals surface area (Å²) in [6, 6.07) is 5.79. The molecule has 1 rings (SSSR count). The fourth-order valence-electron chi connectivity index (χ4n) is 1.42. The van der Waals surface area contributed by atoms with E-state index in [1.54, 1.807) is 31.4 Å². The Kier molecular flexibility index (Phi) is 11.1. The van der Waals surface area contributed by atoms with Crippen LogP contribution in [0.4, 0.5) is 0 Å². The average molecular weight is 353 g/mol. The van der Waals surface area contributed by atoms with Gasteiger partial charge < -0.3 is 19.9 Å². The number of carbonyl (C=O) groups is 3. The van der Waals surface area contributed by atoms with Crippen LogP contribution in [0.3, 0.4) is 0 Å². The largest absolute Gasteiger partial charge is 0.462 e. The van der Waals surface area contributed by atoms with Crippen molar-refractivity contribution in [2.45, 2.75) is 39.8 Å². The Morgan fingerprint density at radius 3 is 2.12 bits per heavy atom. The van der Waals surface area contributed by atoms with Crippen molar-refractivity contribution >= 4 is 18.2 Å². The molecule has 2 atom stereocenters. The molecule has 0 aliphatic rings. The summed E-state index contributed by atoms with van der Waals surface area (Å²) in [5, 5.41) is 0. The summed E-state index contributed by atoms with van der Waals surface area (Å²) in [5.74, 6) is -0.175. The first-order chi connectivity index (χ1) is 11.7. The Balaban J connectivity index is 0.000000462. The van der Waals surface area contributed by atoms with Gasteiger partial charge in [0.15, 0.2) is 0 Å². The lowest BCUT2D eigenvalue weighted by molar-refractivity contribution is -0.149. The SMILES string of the molecule is CC(=O)Oc1ccc(C=O)cc1.COC(C)COC(=O)C(N)C(C)C. The van der Waals surface area contributed by atoms with Crippen molar-refractivity contribution in [3.05, 3.63) is 29.8 Å². The summed E-state index contributed by atoms with van der Waals surface area (Å²) in [6.45, 7) is 7.18. The van der Waals surface area contributed by atoms with Gasteiger partial charge in [-0.3, -0.25) is 14.4 Å². The quantitative estimate of drug-likeness (QED) is 0.454. The van der Waals surface area contributed by atoms with Crippen LogP contribution in [0.25, 0.3) is 0 Å². The summed E-state index contributed by atoms with van der Waals surface area (Å²) < 4.78 is 14.6. The van der Waals surface area contributed by atoms with Crippen molar-refractivity contribution in [1.82, 2.24) is 0 Å². The highest BCUT2D eigenvalue weighted by Gasteiger charge is 2.19. The van der Waals surface area contributed by atoms with E-state index in [4.69, 9.17) is 19.9 Å². The molecule has 1 aromatic rings. The number of hydrogen-bond acceptors (Lipinski definition) is 7. The molecule has 2 N–H and O–H groups in total. The van der Waals surface area contributed by atoms with Crippen LogP contribution in [0.1, 0.15) is 38.1 Å². The molecule has 2 unspecified atom stereocenters. The second kappa shape index (κ2) is 12.2. The fourth-order valence-corrected chi connectivity index (χ4v) is 1.42. The monoisotopic (exact) mass is 353 g/mol. The van der Waals surface area contributed by atoms with Gasteiger partial charge in [0.05, 0.1) is 6.10 Å². The first kappa shape index (κ1) is 22.8. The normalized spacial score (nSPS) is 12.4. The lowest BCUT2D eigenvalue weighted by Gasteiger charge is -2.16. The number of esters is 2. The molecule has 140 valence electrons. The van der Waals surface area contributed by atoms with Crippen LogP contribution in [0.15, 0.2) is 24.3 Å². The molecule has 0 saturated carbocycles. The number of ether oxygens (including phenoxy) is 3. The third-order valence-corrected chi connectivity index (χ3v) is 3.13. The lowest BCUT2D eigenvalue weighted by Crippen LogP contribution is -2.38. The van der Waals surface area contributed by atoms with E-state index in [1.807, 2.05) is 20.8 Å². The van der Waals surface area contributed by atoms with Gasteiger partial charge in [0, 0.05) is 19.6 Å². The van der Waals surface area contributed by atoms with Gasteiger partial charge in [-0.15, -0.1) is 0 Å². The van der Waals surface area contributed by atoms with Gasteiger partial charge >= 0.3 is 11.9 Å². The van der Waals surface area contributed by atoms with Gasteiger partial charge in [-0.25, -0.2) is 0 Å². The molecule has 7 heteroatoms. The minimum Gasteiger partial charge on any atom is -0.462 e. The van der Waals surface area contributed by atoms with Gasteiger partial charge in [0.25, 0.3) is 0 Å². The van der Waals surface area contributed by atoms with Crippen LogP contribution in [0, 0.1) is 5.92 Å². The van der Waals surface area contributed by atoms with Gasteiger partial charge in [-0.05, 0) is 37.1 Å². The second-order valence-electron chi connectivity index (χ2n) is 5.73. The van der Waals surface area contributed by atoms with E-state index in [-0.39, 0.29) is 30.6 Å². The van der Waals surface area contributed by atoms with Crippen LogP contribution < -0.4 is 10.5 Å². The van der Waals surface area contributed by atoms with Crippen LogP contribution in [-0.2, 0) is 19.1 Å². The number of aldehydes is 1. The molecule has 0 bridgehead atoms. The average Bonchev–Trinajstić information content (AvgIpc) is 2.59. The highest BCUT2D eigenvalue weighted by molar-refractivity contribution is 5.76. The number of nitrogens with two attached hydrogens (primary N) is 1. The lowest BCUT2D eigenvalue weighted by atomic mass is 10.1. The van der Waals surface area contributed by atoms with Crippen molar-refractivity contribution in [1.29, 1.82) is 0 Å². The van der Waals surface area contributed by atoms with Gasteiger partial charge in [0.2, 0.25) is 0 Å². The topological polar surface area (TPSA) is 105 Å². The number of methoxy groups -OCH3 is 1. The Labute approximate surface area is 148 Å². The zero-order chi connectivity index (χ0) is 19.4. The number of carbonyl (C=O) groups excluding carboxylic acids is 3. The minimum absolute atomic E-state index is 0.0803. The maximum Gasteiger partial charge on any atom is 0.323 e. The van der Waals surface area contributed by atoms with Gasteiger partial charge in [0.1, 0.15) is 24.7 Å². The molecule has 0 aromatic heterocycles. The number of hydrogen-bond donors (Lipinski definition) is 1. The van der Waals surface area contributed by atoms with Crippen LogP contribution in [0.2, 0.25) is 0 Å². The molecule has 0 fully saturated rings. The maximum atomic E-state index is 11.2. The molecule has 7 nitrogen and oxygen atoms in total. The summed E-state index contributed by atoms with van der Waals surface area (Å²) in [5.41, 5.74) is 6.13. The molecule has 0 aliphatic heterocycles. The molecule has 25 heavy (non-hydrogen) atoms. The van der Waals surface area contributed by atoms with Crippen LogP contribution >= 0.6 is 0 Å². The molecule has 1 aromatic carbocycles. The molecular formula is C18H27NO6. The summed E-state index contributed by atoms with van der Waals surface area (Å²) in [7, 11) is 1.57. The predicted molar refractivity (Wildman–Crippen MR) is 93.4 cm³/mol. The standard InChI is InChI=1S/C9H19NO3.C9H8O3/c1-6(2)8(10)9(11)13-5-7(3)12-4;1-7(11)12-9-4-2-8(6-10)3-5-9/h6-8H,5,10H2,1-4H3;2-6H,1H3. The van der Waals surface area contributed by atoms with E-state index in [0.717, 1.165) is 6.29 Å². The van der Waals surface area contributed by atoms with E-state index in [9.17, 15) is 14.4 Å². The molecule has 0 aliphatic carbocycles. The first-order valence-electron chi connectivity index (χ1n) is 7.89. The zero-order valence-electron chi connectivity index (χ0n) is 15.4. The maximum absolute atomic E-state index is 11.2. The van der Waals surface area contributed by atoms with E-state index in [1.165, 1.54) is 6.92 Å². The Hall–Kier alpha value is -2.25. The number of rotatable bonds is 7. The second-order valence-corrected chi connectivity index (χ2v) is 5.73. The highest BCUT2D eigenvalue weighted by Crippen LogP contribution is 2.10. The van der Waals surface area contributed by atoms with E-state index in [2.05, 4.69) is 0 Å². The summed E-state index contributed by atoms with van der Waals surface area (Å²) >= 11 is 0. The number of benzene rings is 1. The Bertz CT molecular complexity index is 541.